The minimum Gasteiger partial charge on any atom is -0.492 e. The zero-order valence-electron chi connectivity index (χ0n) is 15.7. The van der Waals surface area contributed by atoms with Crippen LogP contribution in [-0.4, -0.2) is 59.1 Å². The molecule has 8 nitrogen and oxygen atoms in total. The van der Waals surface area contributed by atoms with Crippen LogP contribution in [-0.2, 0) is 10.0 Å². The summed E-state index contributed by atoms with van der Waals surface area (Å²) in [5, 5.41) is 2.76. The number of sulfonamides is 1. The van der Waals surface area contributed by atoms with E-state index in [9.17, 15) is 13.2 Å². The lowest BCUT2D eigenvalue weighted by molar-refractivity contribution is 0.0945. The van der Waals surface area contributed by atoms with Gasteiger partial charge in [0, 0.05) is 19.7 Å². The first kappa shape index (κ1) is 20.0. The number of carbonyl (C=O) groups is 1. The summed E-state index contributed by atoms with van der Waals surface area (Å²) in [6, 6.07) is 11.2. The van der Waals surface area contributed by atoms with Crippen molar-refractivity contribution >= 4 is 15.9 Å². The Morgan fingerprint density at radius 1 is 1.07 bits per heavy atom. The highest BCUT2D eigenvalue weighted by atomic mass is 32.2. The van der Waals surface area contributed by atoms with Gasteiger partial charge in [0.25, 0.3) is 5.91 Å². The monoisotopic (exact) mass is 406 g/mol. The second-order valence-corrected chi connectivity index (χ2v) is 8.37. The van der Waals surface area contributed by atoms with E-state index in [1.54, 1.807) is 30.3 Å². The van der Waals surface area contributed by atoms with Gasteiger partial charge in [0.2, 0.25) is 10.0 Å². The van der Waals surface area contributed by atoms with E-state index in [1.807, 2.05) is 0 Å². The topological polar surface area (TPSA) is 94.2 Å². The van der Waals surface area contributed by atoms with Crippen LogP contribution in [0.5, 0.6) is 17.2 Å². The number of amides is 1. The zero-order chi connectivity index (χ0) is 20.1. The first-order valence-electron chi connectivity index (χ1n) is 8.71. The fraction of sp³-hybridized carbons (Fsp3) is 0.316. The Balaban J connectivity index is 1.48. The highest BCUT2D eigenvalue weighted by Crippen LogP contribution is 2.30. The van der Waals surface area contributed by atoms with Crippen LogP contribution < -0.4 is 19.5 Å². The number of nitrogens with one attached hydrogen (secondary N) is 1. The van der Waals surface area contributed by atoms with Gasteiger partial charge >= 0.3 is 0 Å². The Morgan fingerprint density at radius 2 is 1.75 bits per heavy atom. The molecule has 0 atom stereocenters. The predicted molar refractivity (Wildman–Crippen MR) is 103 cm³/mol. The number of rotatable bonds is 7. The molecule has 1 N–H and O–H groups in total. The van der Waals surface area contributed by atoms with Crippen LogP contribution in [0.1, 0.15) is 10.4 Å². The molecule has 1 aliphatic rings. The van der Waals surface area contributed by atoms with E-state index in [1.165, 1.54) is 26.2 Å². The first-order chi connectivity index (χ1) is 13.4. The maximum atomic E-state index is 12.2. The Hall–Kier alpha value is -2.78. The lowest BCUT2D eigenvalue weighted by Crippen LogP contribution is -2.28. The van der Waals surface area contributed by atoms with Crippen molar-refractivity contribution in [1.29, 1.82) is 0 Å². The molecule has 150 valence electrons. The van der Waals surface area contributed by atoms with E-state index in [2.05, 4.69) is 5.32 Å². The SMILES string of the molecule is CN(C)S(=O)(=O)c1ccc(OCCNC(=O)c2ccc3c(c2)OCCO3)cc1. The van der Waals surface area contributed by atoms with Gasteiger partial charge in [-0.3, -0.25) is 4.79 Å². The summed E-state index contributed by atoms with van der Waals surface area (Å²) in [5.74, 6) is 1.47. The van der Waals surface area contributed by atoms with Crippen molar-refractivity contribution < 1.29 is 27.4 Å². The van der Waals surface area contributed by atoms with Gasteiger partial charge in [-0.2, -0.15) is 0 Å². The third-order valence-electron chi connectivity index (χ3n) is 4.06. The van der Waals surface area contributed by atoms with Gasteiger partial charge in [-0.25, -0.2) is 12.7 Å². The molecule has 1 heterocycles. The van der Waals surface area contributed by atoms with Gasteiger partial charge in [-0.1, -0.05) is 0 Å². The lowest BCUT2D eigenvalue weighted by Gasteiger charge is -2.18. The Kier molecular flexibility index (Phi) is 6.05. The van der Waals surface area contributed by atoms with Gasteiger partial charge in [0.05, 0.1) is 11.4 Å². The van der Waals surface area contributed by atoms with Crippen molar-refractivity contribution in [3.63, 3.8) is 0 Å². The van der Waals surface area contributed by atoms with Gasteiger partial charge in [0.1, 0.15) is 25.6 Å². The molecule has 1 amide bonds. The number of benzene rings is 2. The summed E-state index contributed by atoms with van der Waals surface area (Å²) < 4.78 is 41.6. The molecule has 0 bridgehead atoms. The quantitative estimate of drug-likeness (QED) is 0.701. The summed E-state index contributed by atoms with van der Waals surface area (Å²) in [7, 11) is -0.513. The summed E-state index contributed by atoms with van der Waals surface area (Å²) in [4.78, 5) is 12.4. The van der Waals surface area contributed by atoms with Gasteiger partial charge in [-0.15, -0.1) is 0 Å². The molecular weight excluding hydrogens is 384 g/mol. The van der Waals surface area contributed by atoms with Crippen LogP contribution >= 0.6 is 0 Å². The molecule has 0 radical (unpaired) electrons. The Bertz CT molecular complexity index is 941. The summed E-state index contributed by atoms with van der Waals surface area (Å²) >= 11 is 0. The molecule has 0 saturated heterocycles. The van der Waals surface area contributed by atoms with Crippen molar-refractivity contribution in [3.8, 4) is 17.2 Å². The van der Waals surface area contributed by atoms with Gasteiger partial charge in [-0.05, 0) is 42.5 Å². The van der Waals surface area contributed by atoms with E-state index in [0.717, 1.165) is 4.31 Å². The largest absolute Gasteiger partial charge is 0.492 e. The highest BCUT2D eigenvalue weighted by Gasteiger charge is 2.17. The second-order valence-electron chi connectivity index (χ2n) is 6.22. The number of hydrogen-bond acceptors (Lipinski definition) is 6. The van der Waals surface area contributed by atoms with Crippen LogP contribution in [0.15, 0.2) is 47.4 Å². The lowest BCUT2D eigenvalue weighted by atomic mass is 10.2. The van der Waals surface area contributed by atoms with Crippen molar-refractivity contribution in [2.24, 2.45) is 0 Å². The molecule has 0 saturated carbocycles. The molecule has 28 heavy (non-hydrogen) atoms. The van der Waals surface area contributed by atoms with Gasteiger partial charge in [0.15, 0.2) is 11.5 Å². The Labute approximate surface area is 164 Å². The highest BCUT2D eigenvalue weighted by molar-refractivity contribution is 7.89. The maximum absolute atomic E-state index is 12.2. The molecule has 0 aromatic heterocycles. The average molecular weight is 406 g/mol. The number of nitrogens with zero attached hydrogens (tertiary/aromatic N) is 1. The molecule has 3 rings (SSSR count). The van der Waals surface area contributed by atoms with Crippen LogP contribution in [0.2, 0.25) is 0 Å². The fourth-order valence-electron chi connectivity index (χ4n) is 2.54. The standard InChI is InChI=1S/C19H22N2O6S/c1-21(2)28(23,24)16-6-4-15(5-7-16)25-10-9-20-19(22)14-3-8-17-18(13-14)27-12-11-26-17/h3-8,13H,9-12H2,1-2H3,(H,20,22). The molecule has 0 spiro atoms. The number of hydrogen-bond donors (Lipinski definition) is 1. The molecule has 0 unspecified atom stereocenters. The third kappa shape index (κ3) is 4.55. The minimum atomic E-state index is -3.47. The van der Waals surface area contributed by atoms with Crippen LogP contribution in [0.25, 0.3) is 0 Å². The van der Waals surface area contributed by atoms with Crippen molar-refractivity contribution in [3.05, 3.63) is 48.0 Å². The van der Waals surface area contributed by atoms with Crippen LogP contribution in [0, 0.1) is 0 Å². The smallest absolute Gasteiger partial charge is 0.251 e. The summed E-state index contributed by atoms with van der Waals surface area (Å²) in [5.41, 5.74) is 0.475. The van der Waals surface area contributed by atoms with Gasteiger partial charge < -0.3 is 19.5 Å². The molecule has 0 fully saturated rings. The molecular formula is C19H22N2O6S. The van der Waals surface area contributed by atoms with E-state index in [4.69, 9.17) is 14.2 Å². The minimum absolute atomic E-state index is 0.191. The molecule has 9 heteroatoms. The average Bonchev–Trinajstić information content (AvgIpc) is 2.71. The van der Waals surface area contributed by atoms with E-state index in [0.29, 0.717) is 42.6 Å². The Morgan fingerprint density at radius 3 is 2.43 bits per heavy atom. The molecule has 2 aromatic rings. The van der Waals surface area contributed by atoms with E-state index >= 15 is 0 Å². The van der Waals surface area contributed by atoms with Crippen LogP contribution in [0.3, 0.4) is 0 Å². The first-order valence-corrected chi connectivity index (χ1v) is 10.1. The van der Waals surface area contributed by atoms with Crippen molar-refractivity contribution in [2.45, 2.75) is 4.90 Å². The second kappa shape index (κ2) is 8.49. The van der Waals surface area contributed by atoms with E-state index < -0.39 is 10.0 Å². The zero-order valence-corrected chi connectivity index (χ0v) is 16.5. The maximum Gasteiger partial charge on any atom is 0.251 e. The van der Waals surface area contributed by atoms with E-state index in [-0.39, 0.29) is 17.4 Å². The number of carbonyl (C=O) groups excluding carboxylic acids is 1. The summed E-state index contributed by atoms with van der Waals surface area (Å²) in [6.07, 6.45) is 0. The van der Waals surface area contributed by atoms with Crippen molar-refractivity contribution in [2.75, 3.05) is 40.5 Å². The third-order valence-corrected chi connectivity index (χ3v) is 5.89. The number of fused-ring (bicyclic) bond motifs is 1. The van der Waals surface area contributed by atoms with Crippen molar-refractivity contribution in [1.82, 2.24) is 9.62 Å². The molecule has 0 aliphatic carbocycles. The number of ether oxygens (including phenoxy) is 3. The normalized spacial score (nSPS) is 13.2. The fourth-order valence-corrected chi connectivity index (χ4v) is 3.44. The molecule has 2 aromatic carbocycles. The molecule has 1 aliphatic heterocycles. The summed E-state index contributed by atoms with van der Waals surface area (Å²) in [6.45, 7) is 1.50. The predicted octanol–water partition coefficient (Wildman–Crippen LogP) is 1.52. The van der Waals surface area contributed by atoms with Crippen LogP contribution in [0.4, 0.5) is 0 Å².